The number of hydrogen-bond acceptors (Lipinski definition) is 3. The number of aliphatic hydroxyl groups excluding tert-OH is 1. The van der Waals surface area contributed by atoms with E-state index in [0.717, 1.165) is 29.0 Å². The van der Waals surface area contributed by atoms with E-state index in [1.165, 1.54) is 67.5 Å². The third kappa shape index (κ3) is 5.80. The van der Waals surface area contributed by atoms with Gasteiger partial charge in [0.15, 0.2) is 5.78 Å². The summed E-state index contributed by atoms with van der Waals surface area (Å²) < 4.78 is 0. The summed E-state index contributed by atoms with van der Waals surface area (Å²) in [5, 5.41) is 11.0. The van der Waals surface area contributed by atoms with E-state index in [0.29, 0.717) is 0 Å². The van der Waals surface area contributed by atoms with E-state index in [1.807, 2.05) is 6.20 Å². The molecule has 2 aromatic carbocycles. The molecule has 5 rings (SSSR count). The van der Waals surface area contributed by atoms with Gasteiger partial charge in [-0.1, -0.05) is 38.5 Å². The number of nitrogens with zero attached hydrogens (tertiary/aromatic N) is 1. The monoisotopic (exact) mass is 619 g/mol. The zero-order valence-electron chi connectivity index (χ0n) is 19.8. The van der Waals surface area contributed by atoms with Crippen molar-refractivity contribution in [1.82, 2.24) is 4.98 Å². The Kier molecular flexibility index (Phi) is 8.26. The van der Waals surface area contributed by atoms with Crippen molar-refractivity contribution in [1.29, 1.82) is 0 Å². The van der Waals surface area contributed by atoms with E-state index in [1.54, 1.807) is 5.56 Å². The normalized spacial score (nSPS) is 21.3. The average Bonchev–Trinajstić information content (AvgIpc) is 3.35. The van der Waals surface area contributed by atoms with E-state index < -0.39 is 0 Å². The number of pyridine rings is 1. The number of fused-ring (bicyclic) bond motifs is 3. The first-order valence-electron chi connectivity index (χ1n) is 11.6. The molecule has 2 fully saturated rings. The van der Waals surface area contributed by atoms with Gasteiger partial charge in [-0.05, 0) is 79.0 Å². The second-order valence-electron chi connectivity index (χ2n) is 9.53. The topological polar surface area (TPSA) is 50.2 Å². The molecule has 4 heteroatoms. The largest absolute Gasteiger partial charge is 0.512 e. The van der Waals surface area contributed by atoms with Gasteiger partial charge in [-0.3, -0.25) is 4.79 Å². The molecule has 0 spiro atoms. The van der Waals surface area contributed by atoms with Gasteiger partial charge in [0.25, 0.3) is 0 Å². The number of aryl methyl sites for hydroxylation is 2. The van der Waals surface area contributed by atoms with Crippen molar-refractivity contribution in [3.63, 3.8) is 0 Å². The fraction of sp³-hybridized carbons (Fsp3) is 0.379. The third-order valence-electron chi connectivity index (χ3n) is 6.79. The Bertz CT molecular complexity index is 1160. The molecule has 2 saturated carbocycles. The van der Waals surface area contributed by atoms with Crippen molar-refractivity contribution in [3.05, 3.63) is 77.2 Å². The molecule has 1 aromatic heterocycles. The standard InChI is InChI=1S/C24H24N.C5H8O2.Ir/c1-15-10-16(2)12-19(11-15)24-22-5-3-4-20(21(22)8-9-25-24)23-14-17-6-7-18(23)13-17;1-4(6)3-5(2)7;/h3-5,8-11,17-18,23H,6-7,13-14H2,1-2H3;3,6H,1-2H3;/q-1;;/b;4-3-;. The Hall–Kier alpha value is -2.29. The maximum Gasteiger partial charge on any atom is 0.155 e. The average molecular weight is 619 g/mol. The van der Waals surface area contributed by atoms with Crippen LogP contribution < -0.4 is 0 Å². The van der Waals surface area contributed by atoms with E-state index in [4.69, 9.17) is 10.1 Å². The molecule has 2 aliphatic rings. The van der Waals surface area contributed by atoms with E-state index >= 15 is 0 Å². The van der Waals surface area contributed by atoms with Crippen LogP contribution in [0.15, 0.2) is 54.4 Å². The predicted molar refractivity (Wildman–Crippen MR) is 131 cm³/mol. The fourth-order valence-corrected chi connectivity index (χ4v) is 5.71. The quantitative estimate of drug-likeness (QED) is 0.191. The second kappa shape index (κ2) is 10.8. The Labute approximate surface area is 210 Å². The van der Waals surface area contributed by atoms with Crippen molar-refractivity contribution in [2.75, 3.05) is 0 Å². The molecule has 175 valence electrons. The summed E-state index contributed by atoms with van der Waals surface area (Å²) in [4.78, 5) is 14.8. The molecule has 2 bridgehead atoms. The van der Waals surface area contributed by atoms with Gasteiger partial charge < -0.3 is 10.1 Å². The first-order chi connectivity index (χ1) is 15.3. The van der Waals surface area contributed by atoms with Crippen LogP contribution in [0.25, 0.3) is 22.0 Å². The maximum atomic E-state index is 10.0. The molecule has 3 nitrogen and oxygen atoms in total. The van der Waals surface area contributed by atoms with Gasteiger partial charge in [0.05, 0.1) is 5.76 Å². The molecular weight excluding hydrogens is 587 g/mol. The smallest absolute Gasteiger partial charge is 0.155 e. The number of ketones is 1. The van der Waals surface area contributed by atoms with E-state index in [-0.39, 0.29) is 31.6 Å². The summed E-state index contributed by atoms with van der Waals surface area (Å²) in [6, 6.07) is 17.0. The van der Waals surface area contributed by atoms with Gasteiger partial charge in [0.2, 0.25) is 0 Å². The third-order valence-corrected chi connectivity index (χ3v) is 6.79. The molecule has 1 heterocycles. The van der Waals surface area contributed by atoms with Crippen LogP contribution in [0.4, 0.5) is 0 Å². The molecule has 33 heavy (non-hydrogen) atoms. The SMILES string of the molecule is CC(=O)/C=C(/C)O.Cc1[c-]c(-c2nccc3c(C4CC5CCC4C5)cccc23)cc(C)c1.[Ir]. The van der Waals surface area contributed by atoms with Gasteiger partial charge in [0, 0.05) is 32.4 Å². The minimum Gasteiger partial charge on any atom is -0.512 e. The van der Waals surface area contributed by atoms with Crippen LogP contribution in [0.2, 0.25) is 0 Å². The van der Waals surface area contributed by atoms with Crippen molar-refractivity contribution < 1.29 is 30.0 Å². The first kappa shape index (κ1) is 25.3. The summed E-state index contributed by atoms with van der Waals surface area (Å²) >= 11 is 0. The summed E-state index contributed by atoms with van der Waals surface area (Å²) in [5.41, 5.74) is 6.20. The molecular formula is C29H32IrNO2-. The number of rotatable bonds is 3. The van der Waals surface area contributed by atoms with Crippen LogP contribution in [-0.4, -0.2) is 15.9 Å². The maximum absolute atomic E-state index is 10.0. The Morgan fingerprint density at radius 3 is 2.45 bits per heavy atom. The Balaban J connectivity index is 0.000000337. The molecule has 0 saturated heterocycles. The van der Waals surface area contributed by atoms with Crippen LogP contribution in [0.5, 0.6) is 0 Å². The number of allylic oxidation sites excluding steroid dienone is 2. The predicted octanol–water partition coefficient (Wildman–Crippen LogP) is 7.26. The number of aromatic nitrogens is 1. The first-order valence-corrected chi connectivity index (χ1v) is 11.6. The van der Waals surface area contributed by atoms with Crippen molar-refractivity contribution in [2.24, 2.45) is 11.8 Å². The molecule has 0 aliphatic heterocycles. The van der Waals surface area contributed by atoms with Crippen LogP contribution >= 0.6 is 0 Å². The van der Waals surface area contributed by atoms with Crippen molar-refractivity contribution in [2.45, 2.75) is 59.3 Å². The van der Waals surface area contributed by atoms with E-state index in [2.05, 4.69) is 56.3 Å². The van der Waals surface area contributed by atoms with Gasteiger partial charge >= 0.3 is 0 Å². The molecule has 3 unspecified atom stereocenters. The molecule has 3 atom stereocenters. The molecule has 3 aromatic rings. The van der Waals surface area contributed by atoms with Crippen molar-refractivity contribution >= 4 is 16.6 Å². The van der Waals surface area contributed by atoms with Gasteiger partial charge in [-0.25, -0.2) is 0 Å². The summed E-state index contributed by atoms with van der Waals surface area (Å²) in [7, 11) is 0. The zero-order valence-corrected chi connectivity index (χ0v) is 22.2. The Morgan fingerprint density at radius 1 is 1.09 bits per heavy atom. The summed E-state index contributed by atoms with van der Waals surface area (Å²) in [5.74, 6) is 2.56. The van der Waals surface area contributed by atoms with Gasteiger partial charge in [-0.2, -0.15) is 0 Å². The number of benzene rings is 2. The van der Waals surface area contributed by atoms with Crippen LogP contribution in [0, 0.1) is 31.7 Å². The van der Waals surface area contributed by atoms with Gasteiger partial charge in [-0.15, -0.1) is 34.9 Å². The minimum atomic E-state index is -0.125. The summed E-state index contributed by atoms with van der Waals surface area (Å²) in [6.07, 6.45) is 8.87. The van der Waals surface area contributed by atoms with Crippen LogP contribution in [0.3, 0.4) is 0 Å². The van der Waals surface area contributed by atoms with Gasteiger partial charge in [0.1, 0.15) is 0 Å². The van der Waals surface area contributed by atoms with E-state index in [9.17, 15) is 4.79 Å². The zero-order chi connectivity index (χ0) is 22.8. The Morgan fingerprint density at radius 2 is 1.88 bits per heavy atom. The van der Waals surface area contributed by atoms with Crippen molar-refractivity contribution in [3.8, 4) is 11.3 Å². The minimum absolute atomic E-state index is 0. The molecule has 0 amide bonds. The van der Waals surface area contributed by atoms with Crippen LogP contribution in [0.1, 0.15) is 62.1 Å². The van der Waals surface area contributed by atoms with Crippen LogP contribution in [-0.2, 0) is 24.9 Å². The second-order valence-corrected chi connectivity index (χ2v) is 9.53. The molecule has 2 aliphatic carbocycles. The molecule has 1 radical (unpaired) electrons. The fourth-order valence-electron chi connectivity index (χ4n) is 5.71. The number of carbonyl (C=O) groups is 1. The summed E-state index contributed by atoms with van der Waals surface area (Å²) in [6.45, 7) is 7.11. The molecule has 1 N–H and O–H groups in total. The number of aliphatic hydroxyl groups is 1. The number of carbonyl (C=O) groups excluding carboxylic acids is 1. The number of hydrogen-bond donors (Lipinski definition) is 1.